The largest absolute Gasteiger partial charge is 0.421 e. The molecule has 0 spiro atoms. The number of Topliss-reactive ketones (excluding diaryl/α,β-unsaturated/α-hetero) is 1. The minimum absolute atomic E-state index is 0.106. The first-order valence-corrected chi connectivity index (χ1v) is 9.31. The number of rotatable bonds is 6. The third-order valence-corrected chi connectivity index (χ3v) is 4.51. The Hall–Kier alpha value is -4.06. The lowest BCUT2D eigenvalue weighted by Crippen LogP contribution is -2.47. The topological polar surface area (TPSA) is 111 Å². The van der Waals surface area contributed by atoms with Crippen LogP contribution in [0.15, 0.2) is 53.2 Å². The van der Waals surface area contributed by atoms with E-state index in [2.05, 4.69) is 4.99 Å². The zero-order valence-corrected chi connectivity index (χ0v) is 17.3. The number of carbonyl (C=O) groups is 2. The van der Waals surface area contributed by atoms with E-state index in [4.69, 9.17) is 9.47 Å². The third-order valence-electron chi connectivity index (χ3n) is 4.51. The fraction of sp³-hybridized carbons (Fsp3) is 0.190. The zero-order valence-electron chi connectivity index (χ0n) is 17.3. The number of amides is 1. The number of nitro benzene ring substituents is 1. The normalized spacial score (nSPS) is 15.5. The number of hydrogen-bond donors (Lipinski definition) is 0. The number of carbonyl (C=O) groups excluding carboxylic acids is 2. The third kappa shape index (κ3) is 5.06. The van der Waals surface area contributed by atoms with E-state index in [0.29, 0.717) is 12.1 Å². The summed E-state index contributed by atoms with van der Waals surface area (Å²) in [6.45, 7) is 1.02. The summed E-state index contributed by atoms with van der Waals surface area (Å²) in [6, 6.07) is 4.58. The highest BCUT2D eigenvalue weighted by Gasteiger charge is 2.37. The first kappa shape index (κ1) is 23.6. The van der Waals surface area contributed by atoms with Gasteiger partial charge in [-0.25, -0.2) is 27.9 Å². The lowest BCUT2D eigenvalue weighted by atomic mass is 10.0. The van der Waals surface area contributed by atoms with Crippen LogP contribution in [0.5, 0.6) is 5.75 Å². The minimum Gasteiger partial charge on any atom is -0.410 e. The van der Waals surface area contributed by atoms with Crippen LogP contribution in [0.25, 0.3) is 0 Å². The van der Waals surface area contributed by atoms with Crippen molar-refractivity contribution in [1.82, 2.24) is 4.90 Å². The van der Waals surface area contributed by atoms with Crippen LogP contribution in [-0.4, -0.2) is 41.3 Å². The van der Waals surface area contributed by atoms with Crippen molar-refractivity contribution in [3.8, 4) is 5.75 Å². The number of aliphatic imine (C=N–C) groups is 1. The summed E-state index contributed by atoms with van der Waals surface area (Å²) < 4.78 is 51.3. The molecule has 0 fully saturated rings. The van der Waals surface area contributed by atoms with Crippen LogP contribution in [-0.2, 0) is 9.53 Å². The van der Waals surface area contributed by atoms with Crippen LogP contribution in [0, 0.1) is 27.6 Å². The number of ether oxygens (including phenoxy) is 2. The van der Waals surface area contributed by atoms with Gasteiger partial charge in [-0.3, -0.25) is 14.9 Å². The molecule has 0 aromatic heterocycles. The number of benzene rings is 2. The van der Waals surface area contributed by atoms with Gasteiger partial charge in [0.15, 0.2) is 23.3 Å². The van der Waals surface area contributed by atoms with E-state index in [0.717, 1.165) is 29.2 Å². The Balaban J connectivity index is 2.04. The van der Waals surface area contributed by atoms with Crippen LogP contribution >= 0.6 is 0 Å². The molecule has 2 aromatic carbocycles. The molecule has 33 heavy (non-hydrogen) atoms. The van der Waals surface area contributed by atoms with Crippen LogP contribution < -0.4 is 4.74 Å². The number of amidine groups is 1. The quantitative estimate of drug-likeness (QED) is 0.363. The average molecular weight is 463 g/mol. The number of allylic oxidation sites excluding steroid dienone is 1. The van der Waals surface area contributed by atoms with Gasteiger partial charge in [-0.2, -0.15) is 0 Å². The molecule has 172 valence electrons. The molecule has 12 heteroatoms. The summed E-state index contributed by atoms with van der Waals surface area (Å²) in [4.78, 5) is 40.6. The second-order valence-corrected chi connectivity index (χ2v) is 6.83. The van der Waals surface area contributed by atoms with Crippen molar-refractivity contribution in [3.63, 3.8) is 0 Å². The highest BCUT2D eigenvalue weighted by atomic mass is 19.2. The van der Waals surface area contributed by atoms with Gasteiger partial charge in [0.25, 0.3) is 5.69 Å². The fourth-order valence-electron chi connectivity index (χ4n) is 3.06. The SMILES string of the molecule is COCC(=O)C1=NC(C)=CC(c2cc(F)c(F)c(F)c2)N1C(=O)Oc1ccc([N+](=O)[O-])cc1. The maximum atomic E-state index is 13.9. The number of nitrogens with zero attached hydrogens (tertiary/aromatic N) is 3. The van der Waals surface area contributed by atoms with Crippen molar-refractivity contribution in [1.29, 1.82) is 0 Å². The first-order valence-electron chi connectivity index (χ1n) is 9.31. The second-order valence-electron chi connectivity index (χ2n) is 6.83. The minimum atomic E-state index is -1.69. The highest BCUT2D eigenvalue weighted by molar-refractivity contribution is 6.42. The van der Waals surface area contributed by atoms with Crippen molar-refractivity contribution in [2.45, 2.75) is 13.0 Å². The molecule has 0 saturated heterocycles. The van der Waals surface area contributed by atoms with Crippen molar-refractivity contribution < 1.29 is 37.2 Å². The predicted molar refractivity (Wildman–Crippen MR) is 108 cm³/mol. The van der Waals surface area contributed by atoms with E-state index in [1.807, 2.05) is 0 Å². The lowest BCUT2D eigenvalue weighted by Gasteiger charge is -2.32. The van der Waals surface area contributed by atoms with E-state index in [1.54, 1.807) is 0 Å². The molecule has 1 aliphatic rings. The summed E-state index contributed by atoms with van der Waals surface area (Å²) in [5, 5.41) is 10.8. The average Bonchev–Trinajstić information content (AvgIpc) is 2.76. The van der Waals surface area contributed by atoms with Gasteiger partial charge in [-0.05, 0) is 42.8 Å². The Kier molecular flexibility index (Phi) is 6.87. The number of nitro groups is 1. The van der Waals surface area contributed by atoms with Crippen LogP contribution in [0.3, 0.4) is 0 Å². The van der Waals surface area contributed by atoms with Gasteiger partial charge in [0, 0.05) is 24.9 Å². The second kappa shape index (κ2) is 9.61. The van der Waals surface area contributed by atoms with E-state index >= 15 is 0 Å². The van der Waals surface area contributed by atoms with E-state index in [-0.39, 0.29) is 22.7 Å². The van der Waals surface area contributed by atoms with Gasteiger partial charge in [0.1, 0.15) is 12.4 Å². The monoisotopic (exact) mass is 463 g/mol. The molecule has 0 radical (unpaired) electrons. The maximum Gasteiger partial charge on any atom is 0.421 e. The standard InChI is InChI=1S/C21H16F3N3O6/c1-11-7-17(12-8-15(22)19(24)16(23)9-12)26(20(25-11)18(28)10-32-2)21(29)33-14-5-3-13(4-6-14)27(30)31/h3-9,17H,10H2,1-2H3. The van der Waals surface area contributed by atoms with Gasteiger partial charge in [0.05, 0.1) is 11.0 Å². The molecule has 1 atom stereocenters. The van der Waals surface area contributed by atoms with Gasteiger partial charge in [0.2, 0.25) is 5.78 Å². The summed E-state index contributed by atoms with van der Waals surface area (Å²) in [6.07, 6.45) is 0.151. The summed E-state index contributed by atoms with van der Waals surface area (Å²) >= 11 is 0. The summed E-state index contributed by atoms with van der Waals surface area (Å²) in [5.74, 6) is -5.96. The molecule has 3 rings (SSSR count). The van der Waals surface area contributed by atoms with Crippen molar-refractivity contribution in [2.75, 3.05) is 13.7 Å². The number of ketones is 1. The highest BCUT2D eigenvalue weighted by Crippen LogP contribution is 2.32. The Morgan fingerprint density at radius 2 is 1.76 bits per heavy atom. The fourth-order valence-corrected chi connectivity index (χ4v) is 3.06. The van der Waals surface area contributed by atoms with Crippen LogP contribution in [0.1, 0.15) is 18.5 Å². The molecule has 0 saturated carbocycles. The lowest BCUT2D eigenvalue weighted by molar-refractivity contribution is -0.384. The van der Waals surface area contributed by atoms with Gasteiger partial charge < -0.3 is 9.47 Å². The number of hydrogen-bond acceptors (Lipinski definition) is 7. The van der Waals surface area contributed by atoms with Crippen LogP contribution in [0.4, 0.5) is 23.7 Å². The maximum absolute atomic E-state index is 13.9. The Labute approximate surface area is 184 Å². The van der Waals surface area contributed by atoms with E-state index in [9.17, 15) is 32.9 Å². The molecule has 0 N–H and O–H groups in total. The summed E-state index contributed by atoms with van der Waals surface area (Å²) in [7, 11) is 1.24. The molecular weight excluding hydrogens is 447 g/mol. The van der Waals surface area contributed by atoms with Gasteiger partial charge in [-0.1, -0.05) is 0 Å². The van der Waals surface area contributed by atoms with Gasteiger partial charge >= 0.3 is 6.09 Å². The molecule has 0 bridgehead atoms. The molecule has 1 heterocycles. The Morgan fingerprint density at radius 1 is 1.15 bits per heavy atom. The number of halogens is 3. The van der Waals surface area contributed by atoms with Gasteiger partial charge in [-0.15, -0.1) is 0 Å². The van der Waals surface area contributed by atoms with Crippen LogP contribution in [0.2, 0.25) is 0 Å². The number of non-ortho nitro benzene ring substituents is 1. The molecule has 1 unspecified atom stereocenters. The first-order chi connectivity index (χ1) is 15.6. The Morgan fingerprint density at radius 3 is 2.30 bits per heavy atom. The zero-order chi connectivity index (χ0) is 24.3. The molecule has 1 amide bonds. The summed E-state index contributed by atoms with van der Waals surface area (Å²) in [5.41, 5.74) is -0.202. The van der Waals surface area contributed by atoms with E-state index in [1.165, 1.54) is 20.1 Å². The number of methoxy groups -OCH3 is 1. The van der Waals surface area contributed by atoms with E-state index < -0.39 is 52.7 Å². The predicted octanol–water partition coefficient (Wildman–Crippen LogP) is 4.09. The van der Waals surface area contributed by atoms with Crippen molar-refractivity contribution in [2.24, 2.45) is 4.99 Å². The molecular formula is C21H16F3N3O6. The molecule has 9 nitrogen and oxygen atoms in total. The van der Waals surface area contributed by atoms with Crippen molar-refractivity contribution >= 4 is 23.4 Å². The van der Waals surface area contributed by atoms with Crippen molar-refractivity contribution in [3.05, 3.63) is 81.3 Å². The molecule has 1 aliphatic heterocycles. The molecule has 0 aliphatic carbocycles. The Bertz CT molecular complexity index is 1160. The molecule has 2 aromatic rings. The smallest absolute Gasteiger partial charge is 0.410 e.